The molecule has 0 saturated heterocycles. The van der Waals surface area contributed by atoms with E-state index in [-0.39, 0.29) is 5.78 Å². The van der Waals surface area contributed by atoms with E-state index < -0.39 is 11.0 Å². The molecule has 0 spiro atoms. The van der Waals surface area contributed by atoms with E-state index in [0.717, 1.165) is 24.8 Å². The lowest BCUT2D eigenvalue weighted by molar-refractivity contribution is -0.141. The summed E-state index contributed by atoms with van der Waals surface area (Å²) in [5.74, 6) is 0.242. The molecule has 1 aromatic heterocycles. The molecule has 2 aromatic rings. The number of hydrogen-bond donors (Lipinski definition) is 0. The SMILES string of the molecule is CC(C)(Cc1ccc(Cl)cc1)C(=O)C1(n2cncn2)CCC1. The molecule has 3 rings (SSSR count). The summed E-state index contributed by atoms with van der Waals surface area (Å²) < 4.78 is 1.75. The van der Waals surface area contributed by atoms with Crippen molar-refractivity contribution in [3.63, 3.8) is 0 Å². The highest BCUT2D eigenvalue weighted by Gasteiger charge is 2.51. The minimum atomic E-state index is -0.508. The molecule has 4 nitrogen and oxygen atoms in total. The molecule has 1 fully saturated rings. The first kappa shape index (κ1) is 15.2. The Kier molecular flexibility index (Phi) is 3.81. The maximum Gasteiger partial charge on any atom is 0.166 e. The van der Waals surface area contributed by atoms with Crippen LogP contribution in [0.5, 0.6) is 0 Å². The molecule has 0 atom stereocenters. The molecular formula is C17H20ClN3O. The summed E-state index contributed by atoms with van der Waals surface area (Å²) in [6.45, 7) is 4.03. The Labute approximate surface area is 135 Å². The summed E-state index contributed by atoms with van der Waals surface area (Å²) >= 11 is 5.93. The van der Waals surface area contributed by atoms with E-state index in [9.17, 15) is 4.79 Å². The lowest BCUT2D eigenvalue weighted by Crippen LogP contribution is -2.53. The molecule has 0 bridgehead atoms. The van der Waals surface area contributed by atoms with Crippen LogP contribution >= 0.6 is 11.6 Å². The first-order valence-electron chi connectivity index (χ1n) is 7.59. The number of carbonyl (C=O) groups excluding carboxylic acids is 1. The predicted octanol–water partition coefficient (Wildman–Crippen LogP) is 3.65. The number of ketones is 1. The van der Waals surface area contributed by atoms with E-state index in [2.05, 4.69) is 10.1 Å². The zero-order valence-electron chi connectivity index (χ0n) is 12.9. The Hall–Kier alpha value is -1.68. The lowest BCUT2D eigenvalue weighted by Gasteiger charge is -2.44. The first-order chi connectivity index (χ1) is 10.4. The second kappa shape index (κ2) is 5.51. The molecule has 1 aliphatic carbocycles. The fourth-order valence-electron chi connectivity index (χ4n) is 3.32. The number of benzene rings is 1. The maximum atomic E-state index is 13.2. The van der Waals surface area contributed by atoms with Gasteiger partial charge in [-0.1, -0.05) is 37.6 Å². The third-order valence-corrected chi connectivity index (χ3v) is 4.89. The van der Waals surface area contributed by atoms with Crippen molar-refractivity contribution < 1.29 is 4.79 Å². The molecule has 0 radical (unpaired) electrons. The first-order valence-corrected chi connectivity index (χ1v) is 7.96. The molecule has 0 unspecified atom stereocenters. The normalized spacial score (nSPS) is 17.0. The van der Waals surface area contributed by atoms with Gasteiger partial charge in [-0.3, -0.25) is 4.79 Å². The van der Waals surface area contributed by atoms with Crippen molar-refractivity contribution >= 4 is 17.4 Å². The van der Waals surface area contributed by atoms with Crippen LogP contribution in [0.3, 0.4) is 0 Å². The summed E-state index contributed by atoms with van der Waals surface area (Å²) in [4.78, 5) is 17.2. The largest absolute Gasteiger partial charge is 0.296 e. The Bertz CT molecular complexity index is 658. The molecule has 22 heavy (non-hydrogen) atoms. The van der Waals surface area contributed by atoms with Crippen LogP contribution in [-0.4, -0.2) is 20.5 Å². The van der Waals surface area contributed by atoms with E-state index >= 15 is 0 Å². The smallest absolute Gasteiger partial charge is 0.166 e. The lowest BCUT2D eigenvalue weighted by atomic mass is 9.64. The van der Waals surface area contributed by atoms with Crippen molar-refractivity contribution in [2.45, 2.75) is 45.1 Å². The molecule has 0 N–H and O–H groups in total. The summed E-state index contributed by atoms with van der Waals surface area (Å²) in [7, 11) is 0. The van der Waals surface area contributed by atoms with Gasteiger partial charge in [0.1, 0.15) is 18.2 Å². The number of Topliss-reactive ketones (excluding diaryl/α,β-unsaturated/α-hetero) is 1. The van der Waals surface area contributed by atoms with Gasteiger partial charge in [-0.05, 0) is 43.4 Å². The van der Waals surface area contributed by atoms with E-state index in [1.165, 1.54) is 6.33 Å². The third-order valence-electron chi connectivity index (χ3n) is 4.63. The van der Waals surface area contributed by atoms with E-state index in [4.69, 9.17) is 11.6 Å². The highest BCUT2D eigenvalue weighted by atomic mass is 35.5. The van der Waals surface area contributed by atoms with Crippen LogP contribution in [0.2, 0.25) is 5.02 Å². The molecule has 116 valence electrons. The molecule has 1 aromatic carbocycles. The van der Waals surface area contributed by atoms with Gasteiger partial charge >= 0.3 is 0 Å². The Morgan fingerprint density at radius 1 is 1.32 bits per heavy atom. The van der Waals surface area contributed by atoms with Gasteiger partial charge in [0.05, 0.1) is 0 Å². The monoisotopic (exact) mass is 317 g/mol. The minimum Gasteiger partial charge on any atom is -0.296 e. The second-order valence-corrected chi connectivity index (χ2v) is 7.18. The second-order valence-electron chi connectivity index (χ2n) is 6.74. The van der Waals surface area contributed by atoms with Crippen LogP contribution in [-0.2, 0) is 16.8 Å². The molecule has 5 heteroatoms. The Balaban J connectivity index is 1.84. The van der Waals surface area contributed by atoms with Gasteiger partial charge < -0.3 is 0 Å². The zero-order chi connectivity index (χ0) is 15.8. The quantitative estimate of drug-likeness (QED) is 0.845. The van der Waals surface area contributed by atoms with Crippen molar-refractivity contribution in [1.82, 2.24) is 14.8 Å². The molecule has 0 aliphatic heterocycles. The van der Waals surface area contributed by atoms with Crippen LogP contribution < -0.4 is 0 Å². The minimum absolute atomic E-state index is 0.242. The number of hydrogen-bond acceptors (Lipinski definition) is 3. The molecule has 1 saturated carbocycles. The van der Waals surface area contributed by atoms with Crippen LogP contribution in [0.25, 0.3) is 0 Å². The van der Waals surface area contributed by atoms with Crippen molar-refractivity contribution in [2.24, 2.45) is 5.41 Å². The number of rotatable bonds is 5. The third kappa shape index (κ3) is 2.56. The molecule has 0 amide bonds. The van der Waals surface area contributed by atoms with Crippen LogP contribution in [0, 0.1) is 5.41 Å². The topological polar surface area (TPSA) is 47.8 Å². The van der Waals surface area contributed by atoms with Gasteiger partial charge in [-0.15, -0.1) is 0 Å². The average Bonchev–Trinajstić information content (AvgIpc) is 2.94. The standard InChI is InChI=1S/C17H20ClN3O/c1-16(2,10-13-4-6-14(18)7-5-13)15(22)17(8-3-9-17)21-12-19-11-20-21/h4-7,11-12H,3,8-10H2,1-2H3. The number of halogens is 1. The summed E-state index contributed by atoms with van der Waals surface area (Å²) in [5.41, 5.74) is 0.155. The number of aromatic nitrogens is 3. The highest BCUT2D eigenvalue weighted by Crippen LogP contribution is 2.44. The number of carbonyl (C=O) groups is 1. The zero-order valence-corrected chi connectivity index (χ0v) is 13.7. The maximum absolute atomic E-state index is 13.2. The van der Waals surface area contributed by atoms with Crippen LogP contribution in [0.4, 0.5) is 0 Å². The summed E-state index contributed by atoms with van der Waals surface area (Å²) in [6, 6.07) is 7.71. The van der Waals surface area contributed by atoms with Crippen LogP contribution in [0.1, 0.15) is 38.7 Å². The fourth-order valence-corrected chi connectivity index (χ4v) is 3.45. The van der Waals surface area contributed by atoms with E-state index in [0.29, 0.717) is 11.4 Å². The highest BCUT2D eigenvalue weighted by molar-refractivity contribution is 6.30. The molecule has 1 aliphatic rings. The van der Waals surface area contributed by atoms with Crippen molar-refractivity contribution in [3.05, 3.63) is 47.5 Å². The fraction of sp³-hybridized carbons (Fsp3) is 0.471. The average molecular weight is 318 g/mol. The van der Waals surface area contributed by atoms with Gasteiger partial charge in [0.15, 0.2) is 5.78 Å². The van der Waals surface area contributed by atoms with Gasteiger partial charge in [0.25, 0.3) is 0 Å². The summed E-state index contributed by atoms with van der Waals surface area (Å²) in [6.07, 6.45) is 6.61. The van der Waals surface area contributed by atoms with Crippen molar-refractivity contribution in [1.29, 1.82) is 0 Å². The van der Waals surface area contributed by atoms with E-state index in [1.54, 1.807) is 11.0 Å². The van der Waals surface area contributed by atoms with Gasteiger partial charge in [0, 0.05) is 10.4 Å². The van der Waals surface area contributed by atoms with Gasteiger partial charge in [0.2, 0.25) is 0 Å². The number of nitrogens with zero attached hydrogens (tertiary/aromatic N) is 3. The Morgan fingerprint density at radius 3 is 2.50 bits per heavy atom. The van der Waals surface area contributed by atoms with Gasteiger partial charge in [-0.2, -0.15) is 5.10 Å². The molecular weight excluding hydrogens is 298 g/mol. The van der Waals surface area contributed by atoms with E-state index in [1.807, 2.05) is 38.1 Å². The van der Waals surface area contributed by atoms with Crippen LogP contribution in [0.15, 0.2) is 36.9 Å². The predicted molar refractivity (Wildman–Crippen MR) is 85.8 cm³/mol. The van der Waals surface area contributed by atoms with Crippen molar-refractivity contribution in [2.75, 3.05) is 0 Å². The van der Waals surface area contributed by atoms with Gasteiger partial charge in [-0.25, -0.2) is 9.67 Å². The Morgan fingerprint density at radius 2 is 2.00 bits per heavy atom. The summed E-state index contributed by atoms with van der Waals surface area (Å²) in [5, 5.41) is 4.94. The molecule has 1 heterocycles. The van der Waals surface area contributed by atoms with Crippen molar-refractivity contribution in [3.8, 4) is 0 Å².